The molecular weight excluding hydrogens is 251 g/mol. The van der Waals surface area contributed by atoms with Gasteiger partial charge in [0.2, 0.25) is 0 Å². The Labute approximate surface area is 102 Å². The molecule has 1 unspecified atom stereocenters. The first-order valence-electron chi connectivity index (χ1n) is 4.58. The Bertz CT molecular complexity index is 406. The molecule has 0 amide bonds. The fraction of sp³-hybridized carbons (Fsp3) is 0.400. The zero-order valence-electron chi connectivity index (χ0n) is 9.20. The maximum atomic E-state index is 12.8. The van der Waals surface area contributed by atoms with Crippen molar-refractivity contribution in [3.8, 4) is 0 Å². The highest BCUT2D eigenvalue weighted by molar-refractivity contribution is 7.91. The summed E-state index contributed by atoms with van der Waals surface area (Å²) in [7, 11) is 0. The van der Waals surface area contributed by atoms with Crippen LogP contribution in [0.5, 0.6) is 0 Å². The van der Waals surface area contributed by atoms with Gasteiger partial charge in [-0.2, -0.15) is 0 Å². The van der Waals surface area contributed by atoms with Crippen molar-refractivity contribution in [1.82, 2.24) is 4.98 Å². The number of aromatic nitrogens is 1. The molecule has 1 rings (SSSR count). The molecule has 0 spiro atoms. The fourth-order valence-electron chi connectivity index (χ4n) is 0.760. The first-order valence-corrected chi connectivity index (χ1v) is 6.06. The first kappa shape index (κ1) is 13.4. The third-order valence-corrected chi connectivity index (χ3v) is 3.27. The summed E-state index contributed by atoms with van der Waals surface area (Å²) in [6.07, 6.45) is 2.33. The zero-order valence-corrected chi connectivity index (χ0v) is 10.8. The third-order valence-electron chi connectivity index (χ3n) is 1.63. The molecule has 0 fully saturated rings. The Balaban J connectivity index is 2.81. The van der Waals surface area contributed by atoms with Gasteiger partial charge in [-0.05, 0) is 26.8 Å². The average Bonchev–Trinajstić information content (AvgIpc) is 2.18. The summed E-state index contributed by atoms with van der Waals surface area (Å²) in [5.41, 5.74) is 0.379. The fourth-order valence-corrected chi connectivity index (χ4v) is 1.44. The molecule has 0 aliphatic rings. The maximum Gasteiger partial charge on any atom is 0.160 e. The second-order valence-corrected chi connectivity index (χ2v) is 6.46. The molecule has 1 heterocycles. The number of pyridine rings is 1. The van der Waals surface area contributed by atoms with Crippen molar-refractivity contribution < 1.29 is 8.94 Å². The maximum absolute atomic E-state index is 12.8. The Kier molecular flexibility index (Phi) is 4.29. The molecule has 6 heteroatoms. The van der Waals surface area contributed by atoms with Crippen LogP contribution in [-0.4, -0.2) is 20.5 Å². The van der Waals surface area contributed by atoms with Crippen molar-refractivity contribution >= 4 is 29.2 Å². The first-order chi connectivity index (χ1) is 7.30. The van der Waals surface area contributed by atoms with Crippen LogP contribution in [0.4, 0.5) is 4.39 Å². The SMILES string of the molecule is CC(C)(C)[S+]([O-])N=Cc1cc(Cl)c(F)cn1. The molecule has 3 nitrogen and oxygen atoms in total. The Morgan fingerprint density at radius 3 is 2.69 bits per heavy atom. The molecular formula is C10H12ClFN2OS. The van der Waals surface area contributed by atoms with E-state index in [0.29, 0.717) is 5.69 Å². The topological polar surface area (TPSA) is 48.3 Å². The van der Waals surface area contributed by atoms with E-state index in [0.717, 1.165) is 6.20 Å². The van der Waals surface area contributed by atoms with Crippen molar-refractivity contribution in [2.45, 2.75) is 25.5 Å². The number of nitrogens with zero attached hydrogens (tertiary/aromatic N) is 2. The van der Waals surface area contributed by atoms with Crippen LogP contribution >= 0.6 is 11.6 Å². The molecule has 0 aromatic carbocycles. The van der Waals surface area contributed by atoms with Crippen molar-refractivity contribution in [2.75, 3.05) is 0 Å². The van der Waals surface area contributed by atoms with Gasteiger partial charge in [-0.1, -0.05) is 16.0 Å². The predicted molar refractivity (Wildman–Crippen MR) is 64.7 cm³/mol. The van der Waals surface area contributed by atoms with E-state index in [1.165, 1.54) is 12.3 Å². The van der Waals surface area contributed by atoms with Crippen LogP contribution < -0.4 is 0 Å². The second kappa shape index (κ2) is 5.12. The Morgan fingerprint density at radius 2 is 2.19 bits per heavy atom. The van der Waals surface area contributed by atoms with Gasteiger partial charge in [0.15, 0.2) is 5.82 Å². The van der Waals surface area contributed by atoms with E-state index in [1.54, 1.807) is 0 Å². The van der Waals surface area contributed by atoms with Crippen molar-refractivity contribution in [3.63, 3.8) is 0 Å². The quantitative estimate of drug-likeness (QED) is 0.608. The number of halogens is 2. The van der Waals surface area contributed by atoms with Crippen molar-refractivity contribution in [3.05, 3.63) is 28.8 Å². The van der Waals surface area contributed by atoms with Crippen molar-refractivity contribution in [1.29, 1.82) is 0 Å². The standard InChI is InChI=1S/C10H12ClFN2OS/c1-10(2,3)16(15)14-5-7-4-8(11)9(12)6-13-7/h4-6H,1-3H3. The highest BCUT2D eigenvalue weighted by Gasteiger charge is 2.25. The van der Waals surface area contributed by atoms with Crippen LogP contribution in [0, 0.1) is 5.82 Å². The molecule has 1 aromatic heterocycles. The van der Waals surface area contributed by atoms with Crippen LogP contribution in [-0.2, 0) is 11.4 Å². The molecule has 88 valence electrons. The van der Waals surface area contributed by atoms with Crippen LogP contribution in [0.2, 0.25) is 5.02 Å². The van der Waals surface area contributed by atoms with E-state index in [4.69, 9.17) is 11.6 Å². The van der Waals surface area contributed by atoms with E-state index in [1.807, 2.05) is 20.8 Å². The summed E-state index contributed by atoms with van der Waals surface area (Å²) >= 11 is 4.21. The van der Waals surface area contributed by atoms with Gasteiger partial charge in [0.05, 0.1) is 16.9 Å². The zero-order chi connectivity index (χ0) is 12.3. The third kappa shape index (κ3) is 3.73. The summed E-state index contributed by atoms with van der Waals surface area (Å²) in [5.74, 6) is -0.587. The average molecular weight is 263 g/mol. The molecule has 1 atom stereocenters. The largest absolute Gasteiger partial charge is 0.591 e. The van der Waals surface area contributed by atoms with E-state index in [2.05, 4.69) is 9.38 Å². The normalized spacial score (nSPS) is 14.4. The molecule has 0 radical (unpaired) electrons. The van der Waals surface area contributed by atoms with Crippen LogP contribution in [0.1, 0.15) is 26.5 Å². The minimum absolute atomic E-state index is 0.0296. The van der Waals surface area contributed by atoms with E-state index < -0.39 is 21.9 Å². The summed E-state index contributed by atoms with van der Waals surface area (Å²) in [5, 5.41) is -0.0296. The van der Waals surface area contributed by atoms with E-state index >= 15 is 0 Å². The summed E-state index contributed by atoms with van der Waals surface area (Å²) < 4.78 is 27.8. The molecule has 16 heavy (non-hydrogen) atoms. The smallest absolute Gasteiger partial charge is 0.160 e. The predicted octanol–water partition coefficient (Wildman–Crippen LogP) is 2.76. The van der Waals surface area contributed by atoms with Gasteiger partial charge in [0.25, 0.3) is 0 Å². The second-order valence-electron chi connectivity index (χ2n) is 4.12. The summed E-state index contributed by atoms with van der Waals surface area (Å²) in [4.78, 5) is 3.75. The summed E-state index contributed by atoms with van der Waals surface area (Å²) in [6.45, 7) is 5.43. The molecule has 0 saturated heterocycles. The monoisotopic (exact) mass is 262 g/mol. The van der Waals surface area contributed by atoms with Gasteiger partial charge < -0.3 is 4.55 Å². The van der Waals surface area contributed by atoms with Gasteiger partial charge in [-0.3, -0.25) is 4.98 Å². The molecule has 0 bridgehead atoms. The lowest BCUT2D eigenvalue weighted by Crippen LogP contribution is -2.25. The highest BCUT2D eigenvalue weighted by Crippen LogP contribution is 2.17. The van der Waals surface area contributed by atoms with Crippen molar-refractivity contribution in [2.24, 2.45) is 4.40 Å². The minimum atomic E-state index is -1.36. The lowest BCUT2D eigenvalue weighted by Gasteiger charge is -2.17. The minimum Gasteiger partial charge on any atom is -0.591 e. The highest BCUT2D eigenvalue weighted by atomic mass is 35.5. The van der Waals surface area contributed by atoms with Gasteiger partial charge in [0.1, 0.15) is 22.3 Å². The van der Waals surface area contributed by atoms with Crippen LogP contribution in [0.3, 0.4) is 0 Å². The Hall–Kier alpha value is -0.650. The summed E-state index contributed by atoms with van der Waals surface area (Å²) in [6, 6.07) is 1.33. The number of hydrogen-bond donors (Lipinski definition) is 0. The molecule has 0 aliphatic heterocycles. The van der Waals surface area contributed by atoms with E-state index in [9.17, 15) is 8.94 Å². The molecule has 0 saturated carbocycles. The lowest BCUT2D eigenvalue weighted by atomic mass is 10.3. The van der Waals surface area contributed by atoms with Crippen LogP contribution in [0.25, 0.3) is 0 Å². The Morgan fingerprint density at radius 1 is 1.56 bits per heavy atom. The van der Waals surface area contributed by atoms with Gasteiger partial charge in [-0.15, -0.1) is 0 Å². The molecule has 0 N–H and O–H groups in total. The van der Waals surface area contributed by atoms with E-state index in [-0.39, 0.29) is 5.02 Å². The number of hydrogen-bond acceptors (Lipinski definition) is 3. The molecule has 1 aromatic rings. The molecule has 0 aliphatic carbocycles. The number of rotatable bonds is 2. The van der Waals surface area contributed by atoms with Gasteiger partial charge in [0, 0.05) is 0 Å². The van der Waals surface area contributed by atoms with Crippen LogP contribution in [0.15, 0.2) is 16.7 Å². The van der Waals surface area contributed by atoms with Gasteiger partial charge in [-0.25, -0.2) is 4.39 Å². The van der Waals surface area contributed by atoms with Gasteiger partial charge >= 0.3 is 0 Å². The lowest BCUT2D eigenvalue weighted by molar-refractivity contribution is 0.562.